The molecule has 0 spiro atoms. The number of aryl methyl sites for hydroxylation is 1. The van der Waals surface area contributed by atoms with E-state index < -0.39 is 23.2 Å². The van der Waals surface area contributed by atoms with Gasteiger partial charge in [0.05, 0.1) is 6.61 Å². The van der Waals surface area contributed by atoms with Gasteiger partial charge in [0.1, 0.15) is 11.8 Å². The first kappa shape index (κ1) is 20.7. The van der Waals surface area contributed by atoms with E-state index in [2.05, 4.69) is 10.2 Å². The van der Waals surface area contributed by atoms with Crippen LogP contribution in [0.4, 0.5) is 4.79 Å². The number of nitrogens with zero attached hydrogens (tertiary/aromatic N) is 1. The molecular weight excluding hydrogens is 368 g/mol. The first-order valence-corrected chi connectivity index (χ1v) is 8.55. The Kier molecular flexibility index (Phi) is 7.77. The first-order valence-electron chi connectivity index (χ1n) is 8.55. The molecule has 1 atom stereocenters. The zero-order valence-electron chi connectivity index (χ0n) is 14.9. The molecule has 2 aromatic rings. The van der Waals surface area contributed by atoms with E-state index in [1.165, 1.54) is 0 Å². The van der Waals surface area contributed by atoms with Gasteiger partial charge in [0.2, 0.25) is 0 Å². The number of amides is 1. The zero-order valence-corrected chi connectivity index (χ0v) is 14.9. The molecule has 2 N–H and O–H groups in total. The first-order chi connectivity index (χ1) is 13.4. The van der Waals surface area contributed by atoms with Crippen LogP contribution in [-0.4, -0.2) is 34.9 Å². The van der Waals surface area contributed by atoms with Crippen molar-refractivity contribution in [3.8, 4) is 5.75 Å². The summed E-state index contributed by atoms with van der Waals surface area (Å²) in [6.45, 7) is 0.00560. The van der Waals surface area contributed by atoms with Crippen LogP contribution in [0.15, 0.2) is 54.6 Å². The molecule has 148 valence electrons. The fraction of sp³-hybridized carbons (Fsp3) is 0.263. The van der Waals surface area contributed by atoms with Crippen LogP contribution in [0.25, 0.3) is 0 Å². The molecule has 9 nitrogen and oxygen atoms in total. The average Bonchev–Trinajstić information content (AvgIpc) is 2.66. The minimum absolute atomic E-state index is 0.00560. The summed E-state index contributed by atoms with van der Waals surface area (Å²) in [6, 6.07) is 14.4. The normalized spacial score (nSPS) is 11.3. The molecule has 2 aromatic carbocycles. The molecule has 0 aromatic heterocycles. The van der Waals surface area contributed by atoms with Crippen LogP contribution in [-0.2, 0) is 22.5 Å². The fourth-order valence-corrected chi connectivity index (χ4v) is 2.47. The maximum Gasteiger partial charge on any atom is 0.413 e. The summed E-state index contributed by atoms with van der Waals surface area (Å²) < 4.78 is 5.12. The number of rotatable bonds is 10. The molecule has 2 rings (SSSR count). The molecule has 0 radical (unpaired) electrons. The van der Waals surface area contributed by atoms with Crippen molar-refractivity contribution in [3.63, 3.8) is 0 Å². The number of nitrogens with one attached hydrogen (secondary N) is 1. The average molecular weight is 388 g/mol. The van der Waals surface area contributed by atoms with Gasteiger partial charge in [0.25, 0.3) is 5.09 Å². The number of aliphatic carboxylic acids is 1. The van der Waals surface area contributed by atoms with E-state index in [4.69, 9.17) is 4.74 Å². The number of hydrogen-bond acceptors (Lipinski definition) is 6. The van der Waals surface area contributed by atoms with Gasteiger partial charge in [-0.05, 0) is 36.1 Å². The number of ether oxygens (including phenoxy) is 1. The topological polar surface area (TPSA) is 128 Å². The summed E-state index contributed by atoms with van der Waals surface area (Å²) in [5.41, 5.74) is 1.67. The maximum atomic E-state index is 12.0. The number of benzene rings is 2. The summed E-state index contributed by atoms with van der Waals surface area (Å²) >= 11 is 0. The molecule has 0 aliphatic heterocycles. The molecule has 0 saturated heterocycles. The predicted octanol–water partition coefficient (Wildman–Crippen LogP) is 2.61. The lowest BCUT2D eigenvalue weighted by Gasteiger charge is -2.14. The van der Waals surface area contributed by atoms with Crippen molar-refractivity contribution in [3.05, 3.63) is 75.8 Å². The van der Waals surface area contributed by atoms with Crippen LogP contribution in [0.2, 0.25) is 0 Å². The molecule has 9 heteroatoms. The Labute approximate surface area is 161 Å². The summed E-state index contributed by atoms with van der Waals surface area (Å²) in [7, 11) is 0. The number of carboxylic acid groups (broad SMARTS) is 1. The van der Waals surface area contributed by atoms with Crippen molar-refractivity contribution < 1.29 is 29.4 Å². The Morgan fingerprint density at radius 3 is 2.36 bits per heavy atom. The van der Waals surface area contributed by atoms with Crippen LogP contribution in [0.5, 0.6) is 5.75 Å². The van der Waals surface area contributed by atoms with Crippen LogP contribution in [0.3, 0.4) is 0 Å². The molecule has 0 saturated carbocycles. The van der Waals surface area contributed by atoms with E-state index in [-0.39, 0.29) is 18.8 Å². The van der Waals surface area contributed by atoms with Crippen molar-refractivity contribution in [2.45, 2.75) is 25.3 Å². The second kappa shape index (κ2) is 10.5. The molecule has 0 bridgehead atoms. The zero-order chi connectivity index (χ0) is 20.4. The predicted molar refractivity (Wildman–Crippen MR) is 98.4 cm³/mol. The number of carboxylic acids is 1. The molecular formula is C19H20N2O7. The van der Waals surface area contributed by atoms with Gasteiger partial charge >= 0.3 is 12.1 Å². The van der Waals surface area contributed by atoms with Gasteiger partial charge in [-0.3, -0.25) is 0 Å². The van der Waals surface area contributed by atoms with Gasteiger partial charge in [0, 0.05) is 6.42 Å². The number of hydrogen-bond donors (Lipinski definition) is 2. The van der Waals surface area contributed by atoms with Gasteiger partial charge in [-0.2, -0.15) is 0 Å². The third-order valence-corrected chi connectivity index (χ3v) is 3.81. The molecule has 0 aliphatic rings. The smallest absolute Gasteiger partial charge is 0.413 e. The third kappa shape index (κ3) is 7.32. The molecule has 28 heavy (non-hydrogen) atoms. The second-order valence-electron chi connectivity index (χ2n) is 5.92. The Morgan fingerprint density at radius 2 is 1.75 bits per heavy atom. The minimum Gasteiger partial charge on any atom is -0.480 e. The second-order valence-corrected chi connectivity index (χ2v) is 5.92. The van der Waals surface area contributed by atoms with Gasteiger partial charge < -0.3 is 20.0 Å². The van der Waals surface area contributed by atoms with Crippen LogP contribution < -0.4 is 10.1 Å². The Morgan fingerprint density at radius 1 is 1.07 bits per heavy atom. The lowest BCUT2D eigenvalue weighted by atomic mass is 10.1. The molecule has 1 unspecified atom stereocenters. The third-order valence-electron chi connectivity index (χ3n) is 3.81. The molecule has 0 aliphatic carbocycles. The van der Waals surface area contributed by atoms with E-state index in [1.807, 2.05) is 6.07 Å². The lowest BCUT2D eigenvalue weighted by molar-refractivity contribution is -0.757. The number of carbonyl (C=O) groups is 2. The van der Waals surface area contributed by atoms with Crippen molar-refractivity contribution in [2.24, 2.45) is 0 Å². The fourth-order valence-electron chi connectivity index (χ4n) is 2.47. The highest BCUT2D eigenvalue weighted by Gasteiger charge is 2.21. The Hall–Kier alpha value is -3.62. The maximum absolute atomic E-state index is 12.0. The van der Waals surface area contributed by atoms with Gasteiger partial charge in [-0.25, -0.2) is 9.59 Å². The highest BCUT2D eigenvalue weighted by atomic mass is 16.9. The Bertz CT molecular complexity index is 794. The van der Waals surface area contributed by atoms with E-state index in [1.54, 1.807) is 48.5 Å². The van der Waals surface area contributed by atoms with Crippen molar-refractivity contribution in [1.29, 1.82) is 0 Å². The SMILES string of the molecule is O=C(NC(Cc1ccccc1)C(=O)O)Oc1ccc(CCCO[N+](=O)[O-])cc1. The highest BCUT2D eigenvalue weighted by Crippen LogP contribution is 2.14. The molecule has 1 amide bonds. The van der Waals surface area contributed by atoms with Crippen LogP contribution >= 0.6 is 0 Å². The highest BCUT2D eigenvalue weighted by molar-refractivity contribution is 5.81. The Balaban J connectivity index is 1.83. The van der Waals surface area contributed by atoms with E-state index in [0.29, 0.717) is 12.8 Å². The van der Waals surface area contributed by atoms with Crippen LogP contribution in [0.1, 0.15) is 17.5 Å². The number of carbonyl (C=O) groups excluding carboxylic acids is 1. The van der Waals surface area contributed by atoms with Crippen molar-refractivity contribution in [2.75, 3.05) is 6.61 Å². The lowest BCUT2D eigenvalue weighted by Crippen LogP contribution is -2.43. The van der Waals surface area contributed by atoms with E-state index in [0.717, 1.165) is 11.1 Å². The van der Waals surface area contributed by atoms with Crippen molar-refractivity contribution in [1.82, 2.24) is 5.32 Å². The minimum atomic E-state index is -1.16. The molecule has 0 heterocycles. The summed E-state index contributed by atoms with van der Waals surface area (Å²) in [6.07, 6.45) is 0.312. The van der Waals surface area contributed by atoms with Crippen LogP contribution in [0, 0.1) is 10.1 Å². The van der Waals surface area contributed by atoms with E-state index >= 15 is 0 Å². The van der Waals surface area contributed by atoms with Gasteiger partial charge in [-0.1, -0.05) is 42.5 Å². The van der Waals surface area contributed by atoms with E-state index in [9.17, 15) is 24.8 Å². The van der Waals surface area contributed by atoms with Crippen molar-refractivity contribution >= 4 is 12.1 Å². The monoisotopic (exact) mass is 388 g/mol. The largest absolute Gasteiger partial charge is 0.480 e. The summed E-state index contributed by atoms with van der Waals surface area (Å²) in [4.78, 5) is 37.7. The summed E-state index contributed by atoms with van der Waals surface area (Å²) in [5.74, 6) is -0.903. The summed E-state index contributed by atoms with van der Waals surface area (Å²) in [5, 5.41) is 20.9. The van der Waals surface area contributed by atoms with Gasteiger partial charge in [-0.15, -0.1) is 10.1 Å². The molecule has 0 fully saturated rings. The quantitative estimate of drug-likeness (QED) is 0.364. The standard InChI is InChI=1S/C19H20N2O7/c22-18(23)17(13-15-5-2-1-3-6-15)20-19(24)28-16-10-8-14(9-11-16)7-4-12-27-21(25)26/h1-3,5-6,8-11,17H,4,7,12-13H2,(H,20,24)(H,22,23). The van der Waals surface area contributed by atoms with Gasteiger partial charge in [0.15, 0.2) is 0 Å².